The molecule has 2 aromatic carbocycles. The second-order valence-electron chi connectivity index (χ2n) is 10.2. The molecule has 1 saturated heterocycles. The summed E-state index contributed by atoms with van der Waals surface area (Å²) < 4.78 is 42.5. The van der Waals surface area contributed by atoms with E-state index < -0.39 is 37.5 Å². The van der Waals surface area contributed by atoms with Crippen LogP contribution in [0.25, 0.3) is 5.69 Å². The van der Waals surface area contributed by atoms with Crippen molar-refractivity contribution in [2.45, 2.75) is 70.9 Å². The molecule has 0 aliphatic carbocycles. The first-order valence-corrected chi connectivity index (χ1v) is 14.9. The first-order chi connectivity index (χ1) is 19.4. The van der Waals surface area contributed by atoms with Gasteiger partial charge in [0.05, 0.1) is 16.7 Å². The maximum absolute atomic E-state index is 13.3. The number of nitrogens with zero attached hydrogens (tertiary/aromatic N) is 3. The van der Waals surface area contributed by atoms with Crippen molar-refractivity contribution in [2.24, 2.45) is 0 Å². The van der Waals surface area contributed by atoms with E-state index in [9.17, 15) is 23.3 Å². The number of hydrogen-bond acceptors (Lipinski definition) is 8. The average Bonchev–Trinajstić information content (AvgIpc) is 3.56. The predicted molar refractivity (Wildman–Crippen MR) is 152 cm³/mol. The van der Waals surface area contributed by atoms with Gasteiger partial charge in [-0.2, -0.15) is 9.78 Å². The summed E-state index contributed by atoms with van der Waals surface area (Å²) >= 11 is 0. The largest absolute Gasteiger partial charge is 0.437 e. The van der Waals surface area contributed by atoms with Gasteiger partial charge >= 0.3 is 0 Å². The highest BCUT2D eigenvalue weighted by Gasteiger charge is 2.29. The number of carbonyl (C=O) groups is 1. The quantitative estimate of drug-likeness (QED) is 0.247. The number of aromatic nitrogens is 2. The van der Waals surface area contributed by atoms with E-state index in [0.717, 1.165) is 30.0 Å². The number of rotatable bonds is 11. The van der Waals surface area contributed by atoms with Crippen LogP contribution in [-0.4, -0.2) is 54.3 Å². The Balaban J connectivity index is 1.82. The minimum Gasteiger partial charge on any atom is -0.437 e. The fraction of sp³-hybridized carbons (Fsp3) is 0.429. The van der Waals surface area contributed by atoms with Crippen LogP contribution in [0.2, 0.25) is 0 Å². The highest BCUT2D eigenvalue weighted by Crippen LogP contribution is 2.36. The van der Waals surface area contributed by atoms with E-state index in [1.165, 1.54) is 16.8 Å². The van der Waals surface area contributed by atoms with Gasteiger partial charge in [-0.25, -0.2) is 13.1 Å². The van der Waals surface area contributed by atoms with E-state index in [0.29, 0.717) is 30.8 Å². The van der Waals surface area contributed by atoms with Gasteiger partial charge in [-0.05, 0) is 70.2 Å². The zero-order valence-electron chi connectivity index (χ0n) is 23.8. The molecule has 0 unspecified atom stereocenters. The first kappa shape index (κ1) is 30.2. The maximum Gasteiger partial charge on any atom is 0.272 e. The van der Waals surface area contributed by atoms with Gasteiger partial charge in [0.1, 0.15) is 10.6 Å². The molecule has 1 fully saturated rings. The van der Waals surface area contributed by atoms with E-state index in [4.69, 9.17) is 9.47 Å². The Morgan fingerprint density at radius 1 is 1.24 bits per heavy atom. The summed E-state index contributed by atoms with van der Waals surface area (Å²) in [5.41, 5.74) is 2.46. The van der Waals surface area contributed by atoms with Crippen molar-refractivity contribution >= 4 is 21.6 Å². The zero-order chi connectivity index (χ0) is 29.9. The van der Waals surface area contributed by atoms with Crippen LogP contribution in [0.3, 0.4) is 0 Å². The highest BCUT2D eigenvalue weighted by atomic mass is 32.2. The Morgan fingerprint density at radius 3 is 2.66 bits per heavy atom. The number of hydrogen-bond donors (Lipinski definition) is 2. The minimum absolute atomic E-state index is 0.0676. The fourth-order valence-electron chi connectivity index (χ4n) is 4.44. The van der Waals surface area contributed by atoms with Crippen LogP contribution in [0.1, 0.15) is 60.3 Å². The van der Waals surface area contributed by atoms with Crippen molar-refractivity contribution in [1.29, 1.82) is 0 Å². The zero-order valence-corrected chi connectivity index (χ0v) is 24.6. The average molecular weight is 586 g/mol. The molecule has 4 rings (SSSR count). The molecule has 2 atom stereocenters. The van der Waals surface area contributed by atoms with Gasteiger partial charge < -0.3 is 14.8 Å². The number of benzene rings is 2. The molecule has 220 valence electrons. The van der Waals surface area contributed by atoms with Crippen LogP contribution in [-0.2, 0) is 14.8 Å². The molecule has 12 nitrogen and oxygen atoms in total. The number of nitrogens with one attached hydrogen (secondary N) is 2. The number of aryl methyl sites for hydroxylation is 2. The van der Waals surface area contributed by atoms with Gasteiger partial charge in [-0.1, -0.05) is 19.1 Å². The molecule has 1 amide bonds. The molecule has 3 aromatic rings. The lowest BCUT2D eigenvalue weighted by molar-refractivity contribution is -0.385. The van der Waals surface area contributed by atoms with Gasteiger partial charge in [0.2, 0.25) is 15.9 Å². The van der Waals surface area contributed by atoms with Crippen molar-refractivity contribution in [1.82, 2.24) is 19.8 Å². The van der Waals surface area contributed by atoms with Crippen LogP contribution in [0, 0.1) is 30.9 Å². The Kier molecular flexibility index (Phi) is 9.10. The Morgan fingerprint density at radius 2 is 2.00 bits per heavy atom. The van der Waals surface area contributed by atoms with Crippen LogP contribution >= 0.6 is 0 Å². The lowest BCUT2D eigenvalue weighted by atomic mass is 10.1. The third kappa shape index (κ3) is 6.75. The van der Waals surface area contributed by atoms with Crippen LogP contribution < -0.4 is 14.8 Å². The fourth-order valence-corrected chi connectivity index (χ4v) is 5.92. The number of carbonyl (C=O) groups excluding carboxylic acids is 1. The van der Waals surface area contributed by atoms with Crippen molar-refractivity contribution in [3.8, 4) is 17.3 Å². The van der Waals surface area contributed by atoms with E-state index in [1.807, 2.05) is 39.0 Å². The van der Waals surface area contributed by atoms with Crippen molar-refractivity contribution in [3.63, 3.8) is 0 Å². The molecular formula is C28H35N5O7S. The van der Waals surface area contributed by atoms with E-state index in [1.54, 1.807) is 13.8 Å². The molecule has 2 N–H and O–H groups in total. The summed E-state index contributed by atoms with van der Waals surface area (Å²) in [6.45, 7) is 9.94. The second kappa shape index (κ2) is 12.4. The topological polar surface area (TPSA) is 155 Å². The van der Waals surface area contributed by atoms with Crippen molar-refractivity contribution in [3.05, 3.63) is 68.9 Å². The summed E-state index contributed by atoms with van der Waals surface area (Å²) in [5, 5.41) is 19.0. The molecule has 0 bridgehead atoms. The third-order valence-corrected chi connectivity index (χ3v) is 8.60. The SMILES string of the molecule is CC[C@H](C)NS(=O)(=O)c1cc([N+](=O)[O-])ccc1Oc1c(C)c(C(=O)NC[C@@H]2CCCO2)nn1-c1cc(C)ccc1C. The lowest BCUT2D eigenvalue weighted by Gasteiger charge is -2.17. The number of non-ortho nitro benzene ring substituents is 1. The Labute approximate surface area is 239 Å². The summed E-state index contributed by atoms with van der Waals surface area (Å²) in [4.78, 5) is 23.7. The lowest BCUT2D eigenvalue weighted by Crippen LogP contribution is -2.32. The van der Waals surface area contributed by atoms with Gasteiger partial charge in [0.25, 0.3) is 11.6 Å². The summed E-state index contributed by atoms with van der Waals surface area (Å²) in [5.74, 6) is -0.469. The summed E-state index contributed by atoms with van der Waals surface area (Å²) in [6, 6.07) is 8.66. The van der Waals surface area contributed by atoms with E-state index >= 15 is 0 Å². The smallest absolute Gasteiger partial charge is 0.272 e. The van der Waals surface area contributed by atoms with Gasteiger partial charge in [0.15, 0.2) is 5.69 Å². The van der Waals surface area contributed by atoms with Crippen molar-refractivity contribution < 1.29 is 27.6 Å². The van der Waals surface area contributed by atoms with E-state index in [2.05, 4.69) is 15.1 Å². The predicted octanol–water partition coefficient (Wildman–Crippen LogP) is 4.48. The highest BCUT2D eigenvalue weighted by molar-refractivity contribution is 7.89. The van der Waals surface area contributed by atoms with Crippen LogP contribution in [0.15, 0.2) is 41.3 Å². The molecule has 41 heavy (non-hydrogen) atoms. The van der Waals surface area contributed by atoms with Gasteiger partial charge in [0, 0.05) is 36.9 Å². The minimum atomic E-state index is -4.21. The molecule has 1 aliphatic rings. The Bertz CT molecular complexity index is 1560. The summed E-state index contributed by atoms with van der Waals surface area (Å²) in [7, 11) is -4.21. The molecular weight excluding hydrogens is 550 g/mol. The Hall–Kier alpha value is -3.81. The normalized spacial score (nSPS) is 16.0. The van der Waals surface area contributed by atoms with Gasteiger partial charge in [-0.15, -0.1) is 0 Å². The molecule has 0 spiro atoms. The molecule has 1 aliphatic heterocycles. The van der Waals surface area contributed by atoms with Crippen LogP contribution in [0.4, 0.5) is 5.69 Å². The number of sulfonamides is 1. The second-order valence-corrected chi connectivity index (χ2v) is 11.9. The third-order valence-electron chi connectivity index (χ3n) is 6.99. The van der Waals surface area contributed by atoms with Gasteiger partial charge in [-0.3, -0.25) is 14.9 Å². The number of nitro benzene ring substituents is 1. The number of amides is 1. The molecule has 2 heterocycles. The standard InChI is InChI=1S/C28H35N5O7S/c1-6-19(4)31-41(37,38)25-15-21(33(35)36)11-12-24(25)40-28-20(5)26(27(34)29-16-22-8-7-13-39-22)30-32(28)23-14-17(2)9-10-18(23)3/h9-12,14-15,19,22,31H,6-8,13,16H2,1-5H3,(H,29,34)/t19-,22-/m0/s1. The monoisotopic (exact) mass is 585 g/mol. The molecule has 0 radical (unpaired) electrons. The molecule has 1 aromatic heterocycles. The van der Waals surface area contributed by atoms with Crippen LogP contribution in [0.5, 0.6) is 11.6 Å². The number of nitro groups is 1. The van der Waals surface area contributed by atoms with Crippen molar-refractivity contribution in [2.75, 3.05) is 13.2 Å². The number of ether oxygens (including phenoxy) is 2. The molecule has 0 saturated carbocycles. The van der Waals surface area contributed by atoms with E-state index in [-0.39, 0.29) is 23.4 Å². The molecule has 13 heteroatoms. The maximum atomic E-state index is 13.3. The first-order valence-electron chi connectivity index (χ1n) is 13.5. The summed E-state index contributed by atoms with van der Waals surface area (Å²) in [6.07, 6.45) is 2.23.